The third kappa shape index (κ3) is 1.69. The highest BCUT2D eigenvalue weighted by molar-refractivity contribution is 5.99. The van der Waals surface area contributed by atoms with E-state index in [-0.39, 0.29) is 6.08 Å². The Morgan fingerprint density at radius 1 is 1.42 bits per heavy atom. The van der Waals surface area contributed by atoms with Crippen molar-refractivity contribution in [2.75, 3.05) is 0 Å². The van der Waals surface area contributed by atoms with Gasteiger partial charge in [-0.2, -0.15) is 13.2 Å². The Kier molecular flexibility index (Phi) is 1.99. The molecule has 66 valence electrons. The largest absolute Gasteiger partial charge is 0.417 e. The first-order valence-electron chi connectivity index (χ1n) is 2.92. The monoisotopic (exact) mass is 181 g/mol. The Hall–Kier alpha value is -1.20. The molecule has 1 aliphatic heterocycles. The van der Waals surface area contributed by atoms with E-state index in [9.17, 15) is 22.4 Å². The zero-order valence-electron chi connectivity index (χ0n) is 5.60. The minimum absolute atomic E-state index is 0.204. The van der Waals surface area contributed by atoms with Gasteiger partial charge in [0.05, 0.1) is 5.57 Å². The summed E-state index contributed by atoms with van der Waals surface area (Å²) in [6, 6.07) is 0. The Morgan fingerprint density at radius 3 is 2.42 bits per heavy atom. The van der Waals surface area contributed by atoms with Gasteiger partial charge in [-0.3, -0.25) is 4.79 Å². The Labute approximate surface area is 64.6 Å². The van der Waals surface area contributed by atoms with E-state index in [1.165, 1.54) is 0 Å². The molecule has 1 atom stereocenters. The highest BCUT2D eigenvalue weighted by atomic mass is 19.4. The molecule has 0 aromatic heterocycles. The number of carbonyl (C=O) groups excluding carboxylic acids is 1. The Bertz CT molecular complexity index is 265. The van der Waals surface area contributed by atoms with Crippen molar-refractivity contribution in [1.29, 1.82) is 0 Å². The number of hydrogen-bond acceptors (Lipinski definition) is 1. The number of aliphatic imine (C=N–C) groups is 1. The van der Waals surface area contributed by atoms with Crippen LogP contribution >= 0.6 is 0 Å². The van der Waals surface area contributed by atoms with Crippen LogP contribution in [0.4, 0.5) is 17.6 Å². The molecule has 2 nitrogen and oxygen atoms in total. The number of carbonyl (C=O) groups is 1. The standard InChI is InChI=1S/C6H3F4NO/c7-4-1-3(6(8,9)10)2-11-5(4)12/h1-2,4H. The van der Waals surface area contributed by atoms with Gasteiger partial charge in [-0.15, -0.1) is 0 Å². The molecule has 0 aliphatic carbocycles. The van der Waals surface area contributed by atoms with Crippen LogP contribution in [-0.4, -0.2) is 24.5 Å². The quantitative estimate of drug-likeness (QED) is 0.519. The van der Waals surface area contributed by atoms with Gasteiger partial charge in [0.15, 0.2) is 6.17 Å². The lowest BCUT2D eigenvalue weighted by atomic mass is 10.1. The SMILES string of the molecule is O=C1N=CC(C(F)(F)F)=CC1F. The van der Waals surface area contributed by atoms with E-state index in [2.05, 4.69) is 4.99 Å². The van der Waals surface area contributed by atoms with Gasteiger partial charge < -0.3 is 0 Å². The van der Waals surface area contributed by atoms with Crippen molar-refractivity contribution in [3.63, 3.8) is 0 Å². The van der Waals surface area contributed by atoms with Crippen molar-refractivity contribution in [2.45, 2.75) is 12.3 Å². The predicted molar refractivity (Wildman–Crippen MR) is 32.5 cm³/mol. The van der Waals surface area contributed by atoms with Crippen molar-refractivity contribution in [3.8, 4) is 0 Å². The summed E-state index contributed by atoms with van der Waals surface area (Å²) >= 11 is 0. The van der Waals surface area contributed by atoms with Gasteiger partial charge in [-0.25, -0.2) is 9.38 Å². The summed E-state index contributed by atoms with van der Waals surface area (Å²) in [5.74, 6) is -1.21. The lowest BCUT2D eigenvalue weighted by molar-refractivity contribution is -0.121. The highest BCUT2D eigenvalue weighted by Gasteiger charge is 2.36. The predicted octanol–water partition coefficient (Wildman–Crippen LogP) is 1.42. The van der Waals surface area contributed by atoms with Gasteiger partial charge in [-0.05, 0) is 6.08 Å². The van der Waals surface area contributed by atoms with E-state index in [0.717, 1.165) is 0 Å². The summed E-state index contributed by atoms with van der Waals surface area (Å²) in [5.41, 5.74) is -1.23. The summed E-state index contributed by atoms with van der Waals surface area (Å²) in [6.45, 7) is 0. The fourth-order valence-corrected chi connectivity index (χ4v) is 0.644. The normalized spacial score (nSPS) is 24.2. The first-order chi connectivity index (χ1) is 5.41. The summed E-state index contributed by atoms with van der Waals surface area (Å²) in [4.78, 5) is 13.0. The highest BCUT2D eigenvalue weighted by Crippen LogP contribution is 2.26. The van der Waals surface area contributed by atoms with Crippen molar-refractivity contribution >= 4 is 12.1 Å². The smallest absolute Gasteiger partial charge is 0.269 e. The molecule has 1 aliphatic rings. The van der Waals surface area contributed by atoms with E-state index in [0.29, 0.717) is 6.21 Å². The first-order valence-corrected chi connectivity index (χ1v) is 2.92. The number of amides is 1. The van der Waals surface area contributed by atoms with Gasteiger partial charge in [-0.1, -0.05) is 0 Å². The van der Waals surface area contributed by atoms with Crippen molar-refractivity contribution in [2.24, 2.45) is 4.99 Å². The molecular formula is C6H3F4NO. The average Bonchev–Trinajstić information content (AvgIpc) is 1.92. The minimum atomic E-state index is -4.64. The van der Waals surface area contributed by atoms with Crippen molar-refractivity contribution < 1.29 is 22.4 Å². The van der Waals surface area contributed by atoms with Crippen molar-refractivity contribution in [1.82, 2.24) is 0 Å². The fraction of sp³-hybridized carbons (Fsp3) is 0.333. The molecular weight excluding hydrogens is 178 g/mol. The number of halogens is 4. The molecule has 1 heterocycles. The topological polar surface area (TPSA) is 29.4 Å². The Morgan fingerprint density at radius 2 is 2.00 bits per heavy atom. The second-order valence-corrected chi connectivity index (χ2v) is 2.12. The molecule has 1 rings (SSSR count). The van der Waals surface area contributed by atoms with E-state index < -0.39 is 23.8 Å². The third-order valence-corrected chi connectivity index (χ3v) is 1.22. The van der Waals surface area contributed by atoms with Crippen molar-refractivity contribution in [3.05, 3.63) is 11.6 Å². The number of dihydropyridines is 1. The maximum Gasteiger partial charge on any atom is 0.417 e. The molecule has 0 fully saturated rings. The van der Waals surface area contributed by atoms with E-state index >= 15 is 0 Å². The molecule has 6 heteroatoms. The van der Waals surface area contributed by atoms with Gasteiger partial charge >= 0.3 is 6.18 Å². The molecule has 1 amide bonds. The van der Waals surface area contributed by atoms with Crippen LogP contribution in [-0.2, 0) is 4.79 Å². The van der Waals surface area contributed by atoms with E-state index in [1.807, 2.05) is 0 Å². The molecule has 0 bridgehead atoms. The summed E-state index contributed by atoms with van der Waals surface area (Å²) in [7, 11) is 0. The van der Waals surface area contributed by atoms with E-state index in [1.54, 1.807) is 0 Å². The number of allylic oxidation sites excluding steroid dienone is 1. The van der Waals surface area contributed by atoms with Gasteiger partial charge in [0.2, 0.25) is 0 Å². The average molecular weight is 181 g/mol. The maximum absolute atomic E-state index is 12.3. The van der Waals surface area contributed by atoms with Crippen LogP contribution < -0.4 is 0 Å². The van der Waals surface area contributed by atoms with Crippen LogP contribution in [0.5, 0.6) is 0 Å². The molecule has 1 unspecified atom stereocenters. The van der Waals surface area contributed by atoms with Crippen LogP contribution in [0.3, 0.4) is 0 Å². The lowest BCUT2D eigenvalue weighted by Crippen LogP contribution is -2.22. The van der Waals surface area contributed by atoms with Crippen LogP contribution in [0.1, 0.15) is 0 Å². The molecule has 0 aromatic rings. The molecule has 0 aromatic carbocycles. The number of rotatable bonds is 0. The molecule has 0 saturated carbocycles. The van der Waals surface area contributed by atoms with Gasteiger partial charge in [0.25, 0.3) is 5.91 Å². The molecule has 0 radical (unpaired) electrons. The summed E-state index contributed by atoms with van der Waals surface area (Å²) in [6.07, 6.45) is -6.39. The first kappa shape index (κ1) is 8.89. The van der Waals surface area contributed by atoms with Crippen LogP contribution in [0.15, 0.2) is 16.6 Å². The molecule has 0 spiro atoms. The second kappa shape index (κ2) is 2.69. The van der Waals surface area contributed by atoms with Crippen LogP contribution in [0.25, 0.3) is 0 Å². The fourth-order valence-electron chi connectivity index (χ4n) is 0.644. The summed E-state index contributed by atoms with van der Waals surface area (Å²) in [5, 5.41) is 0. The van der Waals surface area contributed by atoms with E-state index in [4.69, 9.17) is 0 Å². The molecule has 12 heavy (non-hydrogen) atoms. The van der Waals surface area contributed by atoms with Gasteiger partial charge in [0.1, 0.15) is 0 Å². The third-order valence-electron chi connectivity index (χ3n) is 1.22. The van der Waals surface area contributed by atoms with Crippen LogP contribution in [0.2, 0.25) is 0 Å². The second-order valence-electron chi connectivity index (χ2n) is 2.12. The zero-order valence-corrected chi connectivity index (χ0v) is 5.60. The zero-order chi connectivity index (χ0) is 9.35. The minimum Gasteiger partial charge on any atom is -0.269 e. The number of alkyl halides is 4. The van der Waals surface area contributed by atoms with Crippen LogP contribution in [0, 0.1) is 0 Å². The lowest BCUT2D eigenvalue weighted by Gasteiger charge is -2.10. The summed E-state index contributed by atoms with van der Waals surface area (Å²) < 4.78 is 47.7. The molecule has 0 saturated heterocycles. The molecule has 0 N–H and O–H groups in total. The van der Waals surface area contributed by atoms with Gasteiger partial charge in [0, 0.05) is 6.21 Å². The number of hydrogen-bond donors (Lipinski definition) is 0. The number of nitrogens with zero attached hydrogens (tertiary/aromatic N) is 1. The maximum atomic E-state index is 12.3. The Balaban J connectivity index is 2.91.